The van der Waals surface area contributed by atoms with Gasteiger partial charge in [0.25, 0.3) is 0 Å². The fraction of sp³-hybridized carbons (Fsp3) is 0.632. The highest BCUT2D eigenvalue weighted by molar-refractivity contribution is 5.84. The summed E-state index contributed by atoms with van der Waals surface area (Å²) < 4.78 is 11.6. The third-order valence-electron chi connectivity index (χ3n) is 4.69. The first kappa shape index (κ1) is 17.2. The summed E-state index contributed by atoms with van der Waals surface area (Å²) in [6, 6.07) is 7.68. The van der Waals surface area contributed by atoms with E-state index in [1.165, 1.54) is 0 Å². The minimum absolute atomic E-state index is 0.0428. The maximum Gasteiger partial charge on any atom is 0.242 e. The number of amides is 1. The van der Waals surface area contributed by atoms with E-state index in [1.54, 1.807) is 0 Å². The second kappa shape index (κ2) is 7.99. The molecule has 1 saturated carbocycles. The van der Waals surface area contributed by atoms with E-state index in [1.807, 2.05) is 24.3 Å². The predicted octanol–water partition coefficient (Wildman–Crippen LogP) is 2.56. The highest BCUT2D eigenvalue weighted by atomic mass is 16.5. The largest absolute Gasteiger partial charge is 0.492 e. The van der Waals surface area contributed by atoms with Gasteiger partial charge in [-0.25, -0.2) is 0 Å². The first-order chi connectivity index (χ1) is 11.6. The zero-order valence-electron chi connectivity index (χ0n) is 14.6. The summed E-state index contributed by atoms with van der Waals surface area (Å²) in [5.74, 6) is 0.845. The SMILES string of the molecule is CC(C)OC1CCC(NC(=O)C2NCCOc3ccccc32)CC1. The lowest BCUT2D eigenvalue weighted by Crippen LogP contribution is -2.45. The van der Waals surface area contributed by atoms with Gasteiger partial charge >= 0.3 is 0 Å². The van der Waals surface area contributed by atoms with E-state index < -0.39 is 0 Å². The normalized spacial score (nSPS) is 27.0. The van der Waals surface area contributed by atoms with Gasteiger partial charge in [-0.1, -0.05) is 18.2 Å². The number of para-hydroxylation sites is 1. The van der Waals surface area contributed by atoms with E-state index >= 15 is 0 Å². The Hall–Kier alpha value is -1.59. The molecule has 0 radical (unpaired) electrons. The Balaban J connectivity index is 1.58. The highest BCUT2D eigenvalue weighted by Gasteiger charge is 2.29. The number of ether oxygens (including phenoxy) is 2. The standard InChI is InChI=1S/C19H28N2O3/c1-13(2)24-15-9-7-14(8-10-15)21-19(22)18-16-5-3-4-6-17(16)23-12-11-20-18/h3-6,13-15,18,20H,7-12H2,1-2H3,(H,21,22). The van der Waals surface area contributed by atoms with Gasteiger partial charge in [-0.3, -0.25) is 10.1 Å². The van der Waals surface area contributed by atoms with Crippen molar-refractivity contribution in [1.29, 1.82) is 0 Å². The van der Waals surface area contributed by atoms with Crippen molar-refractivity contribution in [3.8, 4) is 5.75 Å². The maximum atomic E-state index is 12.8. The third kappa shape index (κ3) is 4.28. The molecular formula is C19H28N2O3. The van der Waals surface area contributed by atoms with Crippen molar-refractivity contribution in [3.63, 3.8) is 0 Å². The lowest BCUT2D eigenvalue weighted by Gasteiger charge is -2.31. The first-order valence-electron chi connectivity index (χ1n) is 9.04. The molecule has 1 amide bonds. The van der Waals surface area contributed by atoms with Crippen molar-refractivity contribution in [3.05, 3.63) is 29.8 Å². The Morgan fingerprint density at radius 3 is 2.75 bits per heavy atom. The Bertz CT molecular complexity index is 553. The molecule has 0 saturated heterocycles. The average molecular weight is 332 g/mol. The van der Waals surface area contributed by atoms with Crippen LogP contribution in [-0.4, -0.2) is 37.3 Å². The van der Waals surface area contributed by atoms with Gasteiger partial charge in [0.05, 0.1) is 12.2 Å². The summed E-state index contributed by atoms with van der Waals surface area (Å²) in [5, 5.41) is 6.52. The summed E-state index contributed by atoms with van der Waals surface area (Å²) in [6.45, 7) is 5.40. The van der Waals surface area contributed by atoms with Crippen LogP contribution < -0.4 is 15.4 Å². The van der Waals surface area contributed by atoms with Crippen LogP contribution in [0, 0.1) is 0 Å². The van der Waals surface area contributed by atoms with Crippen molar-refractivity contribution < 1.29 is 14.3 Å². The molecule has 1 aromatic carbocycles. The monoisotopic (exact) mass is 332 g/mol. The molecule has 1 heterocycles. The van der Waals surface area contributed by atoms with Crippen LogP contribution in [0.3, 0.4) is 0 Å². The molecule has 0 spiro atoms. The maximum absolute atomic E-state index is 12.8. The predicted molar refractivity (Wildman–Crippen MR) is 93.1 cm³/mol. The average Bonchev–Trinajstić information content (AvgIpc) is 2.78. The van der Waals surface area contributed by atoms with Crippen molar-refractivity contribution in [1.82, 2.24) is 10.6 Å². The molecule has 132 valence electrons. The smallest absolute Gasteiger partial charge is 0.242 e. The van der Waals surface area contributed by atoms with Gasteiger partial charge < -0.3 is 14.8 Å². The molecular weight excluding hydrogens is 304 g/mol. The van der Waals surface area contributed by atoms with Crippen LogP contribution in [0.1, 0.15) is 51.1 Å². The topological polar surface area (TPSA) is 59.6 Å². The number of hydrogen-bond acceptors (Lipinski definition) is 4. The van der Waals surface area contributed by atoms with Gasteiger partial charge in [0, 0.05) is 18.2 Å². The van der Waals surface area contributed by atoms with E-state index in [9.17, 15) is 4.79 Å². The van der Waals surface area contributed by atoms with E-state index in [0.29, 0.717) is 19.3 Å². The Labute approximate surface area is 144 Å². The van der Waals surface area contributed by atoms with Crippen LogP contribution in [0.2, 0.25) is 0 Å². The van der Waals surface area contributed by atoms with Gasteiger partial charge in [0.2, 0.25) is 5.91 Å². The Morgan fingerprint density at radius 1 is 1.25 bits per heavy atom. The molecule has 5 nitrogen and oxygen atoms in total. The van der Waals surface area contributed by atoms with Gasteiger partial charge in [-0.15, -0.1) is 0 Å². The second-order valence-corrected chi connectivity index (χ2v) is 6.94. The Morgan fingerprint density at radius 2 is 2.00 bits per heavy atom. The van der Waals surface area contributed by atoms with Gasteiger partial charge in [0.15, 0.2) is 0 Å². The molecule has 0 bridgehead atoms. The number of hydrogen-bond donors (Lipinski definition) is 2. The minimum Gasteiger partial charge on any atom is -0.492 e. The van der Waals surface area contributed by atoms with Crippen molar-refractivity contribution in [2.24, 2.45) is 0 Å². The molecule has 1 atom stereocenters. The van der Waals surface area contributed by atoms with E-state index in [0.717, 1.165) is 37.0 Å². The van der Waals surface area contributed by atoms with Crippen LogP contribution in [-0.2, 0) is 9.53 Å². The summed E-state index contributed by atoms with van der Waals surface area (Å²) >= 11 is 0. The number of benzene rings is 1. The molecule has 5 heteroatoms. The van der Waals surface area contributed by atoms with E-state index in [4.69, 9.17) is 9.47 Å². The highest BCUT2D eigenvalue weighted by Crippen LogP contribution is 2.28. The first-order valence-corrected chi connectivity index (χ1v) is 9.04. The zero-order valence-corrected chi connectivity index (χ0v) is 14.6. The molecule has 1 unspecified atom stereocenters. The zero-order chi connectivity index (χ0) is 16.9. The molecule has 1 fully saturated rings. The van der Waals surface area contributed by atoms with E-state index in [-0.39, 0.29) is 24.1 Å². The summed E-state index contributed by atoms with van der Waals surface area (Å²) in [6.07, 6.45) is 4.60. The third-order valence-corrected chi connectivity index (χ3v) is 4.69. The number of carbonyl (C=O) groups excluding carboxylic acids is 1. The van der Waals surface area contributed by atoms with Crippen molar-refractivity contribution >= 4 is 5.91 Å². The quantitative estimate of drug-likeness (QED) is 0.890. The van der Waals surface area contributed by atoms with Gasteiger partial charge in [-0.2, -0.15) is 0 Å². The lowest BCUT2D eigenvalue weighted by molar-refractivity contribution is -0.124. The minimum atomic E-state index is -0.340. The number of carbonyl (C=O) groups is 1. The van der Waals surface area contributed by atoms with E-state index in [2.05, 4.69) is 24.5 Å². The van der Waals surface area contributed by atoms with Crippen LogP contribution in [0.4, 0.5) is 0 Å². The van der Waals surface area contributed by atoms with Crippen molar-refractivity contribution in [2.45, 2.75) is 63.8 Å². The molecule has 1 aliphatic carbocycles. The van der Waals surface area contributed by atoms with Crippen molar-refractivity contribution in [2.75, 3.05) is 13.2 Å². The fourth-order valence-electron chi connectivity index (χ4n) is 3.57. The summed E-state index contributed by atoms with van der Waals surface area (Å²) in [7, 11) is 0. The fourth-order valence-corrected chi connectivity index (χ4v) is 3.57. The number of fused-ring (bicyclic) bond motifs is 1. The molecule has 24 heavy (non-hydrogen) atoms. The molecule has 1 aromatic rings. The van der Waals surface area contributed by atoms with Crippen LogP contribution >= 0.6 is 0 Å². The van der Waals surface area contributed by atoms with Gasteiger partial charge in [0.1, 0.15) is 18.4 Å². The van der Waals surface area contributed by atoms with Crippen LogP contribution in [0.15, 0.2) is 24.3 Å². The summed E-state index contributed by atoms with van der Waals surface area (Å²) in [5.41, 5.74) is 0.921. The Kier molecular flexibility index (Phi) is 5.74. The van der Waals surface area contributed by atoms with Crippen LogP contribution in [0.5, 0.6) is 5.75 Å². The number of nitrogens with one attached hydrogen (secondary N) is 2. The lowest BCUT2D eigenvalue weighted by atomic mass is 9.92. The number of rotatable bonds is 4. The molecule has 2 N–H and O–H groups in total. The van der Waals surface area contributed by atoms with Crippen LogP contribution in [0.25, 0.3) is 0 Å². The second-order valence-electron chi connectivity index (χ2n) is 6.94. The molecule has 2 aliphatic rings. The molecule has 1 aliphatic heterocycles. The molecule has 3 rings (SSSR count). The molecule has 0 aromatic heterocycles. The van der Waals surface area contributed by atoms with Gasteiger partial charge in [-0.05, 0) is 45.6 Å². The summed E-state index contributed by atoms with van der Waals surface area (Å²) in [4.78, 5) is 12.8.